The van der Waals surface area contributed by atoms with Gasteiger partial charge in [-0.2, -0.15) is 0 Å². The molecule has 0 aliphatic heterocycles. The molecule has 148 valence electrons. The number of hydrogen-bond acceptors (Lipinski definition) is 5. The minimum atomic E-state index is -3.45. The van der Waals surface area contributed by atoms with E-state index in [1.807, 2.05) is 6.92 Å². The Labute approximate surface area is 159 Å². The molecule has 1 heterocycles. The first-order valence-electron chi connectivity index (χ1n) is 8.59. The summed E-state index contributed by atoms with van der Waals surface area (Å²) < 4.78 is 31.0. The van der Waals surface area contributed by atoms with Crippen LogP contribution >= 0.6 is 0 Å². The largest absolute Gasteiger partial charge is 0.466 e. The Bertz CT molecular complexity index is 844. The van der Waals surface area contributed by atoms with E-state index in [1.165, 1.54) is 13.3 Å². The third-order valence-corrected chi connectivity index (χ3v) is 5.35. The van der Waals surface area contributed by atoms with E-state index < -0.39 is 15.6 Å². The Balaban J connectivity index is 2.03. The number of hydrogen-bond donors (Lipinski definition) is 4. The summed E-state index contributed by atoms with van der Waals surface area (Å²) in [7, 11) is -2.07. The van der Waals surface area contributed by atoms with Crippen LogP contribution in [-0.4, -0.2) is 39.6 Å². The fraction of sp³-hybridized carbons (Fsp3) is 0.389. The fourth-order valence-electron chi connectivity index (χ4n) is 2.33. The first-order valence-corrected chi connectivity index (χ1v) is 10.1. The Kier molecular flexibility index (Phi) is 7.00. The molecule has 9 heteroatoms. The van der Waals surface area contributed by atoms with Crippen LogP contribution in [0.4, 0.5) is 0 Å². The zero-order valence-electron chi connectivity index (χ0n) is 15.7. The summed E-state index contributed by atoms with van der Waals surface area (Å²) in [5.41, 5.74) is -0.317. The maximum absolute atomic E-state index is 11.8. The molecule has 0 saturated carbocycles. The van der Waals surface area contributed by atoms with Crippen molar-refractivity contribution in [2.45, 2.75) is 30.9 Å². The predicted octanol–water partition coefficient (Wildman–Crippen LogP) is 1.15. The van der Waals surface area contributed by atoms with Crippen LogP contribution in [0, 0.1) is 0 Å². The zero-order valence-corrected chi connectivity index (χ0v) is 16.5. The van der Waals surface area contributed by atoms with E-state index in [2.05, 4.69) is 20.3 Å². The van der Waals surface area contributed by atoms with Gasteiger partial charge in [-0.3, -0.25) is 0 Å². The first kappa shape index (κ1) is 20.9. The monoisotopic (exact) mass is 394 g/mol. The van der Waals surface area contributed by atoms with Crippen molar-refractivity contribution >= 4 is 16.0 Å². The highest BCUT2D eigenvalue weighted by atomic mass is 32.2. The molecule has 2 aromatic rings. The SMILES string of the molecule is CCNC(=NCc1ccc(S(=O)(=O)NC)cc1)NCC(C)(O)c1ccco1. The van der Waals surface area contributed by atoms with Gasteiger partial charge in [-0.1, -0.05) is 12.1 Å². The lowest BCUT2D eigenvalue weighted by Gasteiger charge is -2.22. The molecular formula is C18H26N4O4S. The number of benzene rings is 1. The van der Waals surface area contributed by atoms with E-state index in [1.54, 1.807) is 43.3 Å². The summed E-state index contributed by atoms with van der Waals surface area (Å²) >= 11 is 0. The van der Waals surface area contributed by atoms with E-state index in [4.69, 9.17) is 4.42 Å². The van der Waals surface area contributed by atoms with E-state index >= 15 is 0 Å². The van der Waals surface area contributed by atoms with Gasteiger partial charge in [0.1, 0.15) is 11.4 Å². The average molecular weight is 394 g/mol. The predicted molar refractivity (Wildman–Crippen MR) is 104 cm³/mol. The molecule has 1 aromatic carbocycles. The molecule has 0 bridgehead atoms. The van der Waals surface area contributed by atoms with E-state index in [9.17, 15) is 13.5 Å². The van der Waals surface area contributed by atoms with Gasteiger partial charge in [0.15, 0.2) is 5.96 Å². The van der Waals surface area contributed by atoms with Gasteiger partial charge in [-0.05, 0) is 50.7 Å². The first-order chi connectivity index (χ1) is 12.8. The number of guanidine groups is 1. The van der Waals surface area contributed by atoms with Gasteiger partial charge in [0.2, 0.25) is 10.0 Å². The fourth-order valence-corrected chi connectivity index (χ4v) is 3.06. The van der Waals surface area contributed by atoms with Crippen LogP contribution in [0.3, 0.4) is 0 Å². The topological polar surface area (TPSA) is 116 Å². The van der Waals surface area contributed by atoms with Crippen LogP contribution < -0.4 is 15.4 Å². The van der Waals surface area contributed by atoms with Gasteiger partial charge in [-0.15, -0.1) is 0 Å². The number of sulfonamides is 1. The second kappa shape index (κ2) is 9.03. The highest BCUT2D eigenvalue weighted by molar-refractivity contribution is 7.89. The molecule has 0 aliphatic carbocycles. The quantitative estimate of drug-likeness (QED) is 0.394. The maximum Gasteiger partial charge on any atom is 0.240 e. The second-order valence-electron chi connectivity index (χ2n) is 6.15. The van der Waals surface area contributed by atoms with Crippen LogP contribution in [-0.2, 0) is 22.2 Å². The molecule has 1 aromatic heterocycles. The van der Waals surface area contributed by atoms with Gasteiger partial charge in [0.05, 0.1) is 24.2 Å². The Hall–Kier alpha value is -2.36. The number of rotatable bonds is 8. The summed E-state index contributed by atoms with van der Waals surface area (Å²) in [5, 5.41) is 16.7. The van der Waals surface area contributed by atoms with E-state index in [0.717, 1.165) is 5.56 Å². The molecular weight excluding hydrogens is 368 g/mol. The maximum atomic E-state index is 11.8. The van der Waals surface area contributed by atoms with Crippen molar-refractivity contribution in [2.75, 3.05) is 20.1 Å². The summed E-state index contributed by atoms with van der Waals surface area (Å²) in [6.07, 6.45) is 1.51. The highest BCUT2D eigenvalue weighted by Gasteiger charge is 2.26. The summed E-state index contributed by atoms with van der Waals surface area (Å²) in [6, 6.07) is 9.96. The van der Waals surface area contributed by atoms with Crippen molar-refractivity contribution in [1.29, 1.82) is 0 Å². The lowest BCUT2D eigenvalue weighted by molar-refractivity contribution is 0.0386. The molecule has 8 nitrogen and oxygen atoms in total. The standard InChI is InChI=1S/C18H26N4O4S/c1-4-20-17(22-13-18(2,23)16-6-5-11-26-16)21-12-14-7-9-15(10-8-14)27(24,25)19-3/h5-11,19,23H,4,12-13H2,1-3H3,(H2,20,21,22). The average Bonchev–Trinajstić information content (AvgIpc) is 3.20. The Morgan fingerprint density at radius 2 is 1.93 bits per heavy atom. The molecule has 0 radical (unpaired) electrons. The lowest BCUT2D eigenvalue weighted by atomic mass is 10.0. The third-order valence-electron chi connectivity index (χ3n) is 3.92. The molecule has 0 spiro atoms. The number of nitrogens with one attached hydrogen (secondary N) is 3. The Morgan fingerprint density at radius 1 is 1.22 bits per heavy atom. The number of aliphatic hydroxyl groups is 1. The smallest absolute Gasteiger partial charge is 0.240 e. The summed E-state index contributed by atoms with van der Waals surface area (Å²) in [4.78, 5) is 4.67. The van der Waals surface area contributed by atoms with Crippen molar-refractivity contribution in [1.82, 2.24) is 15.4 Å². The molecule has 27 heavy (non-hydrogen) atoms. The van der Waals surface area contributed by atoms with Crippen molar-refractivity contribution < 1.29 is 17.9 Å². The summed E-state index contributed by atoms with van der Waals surface area (Å²) in [6.45, 7) is 4.83. The Morgan fingerprint density at radius 3 is 2.48 bits per heavy atom. The van der Waals surface area contributed by atoms with Crippen molar-refractivity contribution in [3.63, 3.8) is 0 Å². The molecule has 0 saturated heterocycles. The van der Waals surface area contributed by atoms with Crippen LogP contribution in [0.1, 0.15) is 25.2 Å². The number of aliphatic imine (C=N–C) groups is 1. The van der Waals surface area contributed by atoms with Gasteiger partial charge < -0.3 is 20.2 Å². The van der Waals surface area contributed by atoms with Crippen molar-refractivity contribution in [2.24, 2.45) is 4.99 Å². The van der Waals surface area contributed by atoms with Crippen LogP contribution in [0.15, 0.2) is 57.0 Å². The van der Waals surface area contributed by atoms with Gasteiger partial charge >= 0.3 is 0 Å². The van der Waals surface area contributed by atoms with Gasteiger partial charge in [0, 0.05) is 6.54 Å². The normalized spacial score (nSPS) is 14.6. The molecule has 1 atom stereocenters. The van der Waals surface area contributed by atoms with Crippen molar-refractivity contribution in [3.05, 3.63) is 54.0 Å². The lowest BCUT2D eigenvalue weighted by Crippen LogP contribution is -2.44. The van der Waals surface area contributed by atoms with E-state index in [-0.39, 0.29) is 11.4 Å². The summed E-state index contributed by atoms with van der Waals surface area (Å²) in [5.74, 6) is 1.00. The number of nitrogens with zero attached hydrogens (tertiary/aromatic N) is 1. The number of furan rings is 1. The third kappa shape index (κ3) is 5.81. The van der Waals surface area contributed by atoms with Gasteiger partial charge in [0.25, 0.3) is 0 Å². The molecule has 0 aliphatic rings. The van der Waals surface area contributed by atoms with Crippen LogP contribution in [0.25, 0.3) is 0 Å². The van der Waals surface area contributed by atoms with Gasteiger partial charge in [-0.25, -0.2) is 18.1 Å². The van der Waals surface area contributed by atoms with Crippen molar-refractivity contribution in [3.8, 4) is 0 Å². The molecule has 0 amide bonds. The highest BCUT2D eigenvalue weighted by Crippen LogP contribution is 2.19. The van der Waals surface area contributed by atoms with Crippen LogP contribution in [0.2, 0.25) is 0 Å². The van der Waals surface area contributed by atoms with E-state index in [0.29, 0.717) is 24.8 Å². The molecule has 4 N–H and O–H groups in total. The molecule has 1 unspecified atom stereocenters. The minimum Gasteiger partial charge on any atom is -0.466 e. The molecule has 0 fully saturated rings. The molecule has 2 rings (SSSR count). The zero-order chi connectivity index (χ0) is 19.9. The second-order valence-corrected chi connectivity index (χ2v) is 8.04. The minimum absolute atomic E-state index is 0.206. The van der Waals surface area contributed by atoms with Crippen LogP contribution in [0.5, 0.6) is 0 Å².